The largest absolute Gasteiger partial charge is 0.352 e. The van der Waals surface area contributed by atoms with Crippen LogP contribution in [0.15, 0.2) is 24.3 Å². The lowest BCUT2D eigenvalue weighted by Gasteiger charge is -2.21. The minimum Gasteiger partial charge on any atom is -0.352 e. The Morgan fingerprint density at radius 2 is 2.13 bits per heavy atom. The van der Waals surface area contributed by atoms with Crippen LogP contribution >= 0.6 is 0 Å². The Labute approximate surface area is 91.4 Å². The highest BCUT2D eigenvalue weighted by Gasteiger charge is 2.23. The van der Waals surface area contributed by atoms with Crippen molar-refractivity contribution in [1.82, 2.24) is 4.90 Å². The SMILES string of the molecule is CCC(C)CN1Cc2ccccc2C1=N. The lowest BCUT2D eigenvalue weighted by atomic mass is 10.1. The van der Waals surface area contributed by atoms with Crippen LogP contribution in [-0.4, -0.2) is 17.3 Å². The summed E-state index contributed by atoms with van der Waals surface area (Å²) in [5, 5.41) is 8.08. The molecule has 0 aliphatic carbocycles. The molecule has 1 aliphatic rings. The summed E-state index contributed by atoms with van der Waals surface area (Å²) in [6.45, 7) is 6.37. The molecular weight excluding hydrogens is 184 g/mol. The number of benzene rings is 1. The van der Waals surface area contributed by atoms with Crippen molar-refractivity contribution < 1.29 is 0 Å². The molecule has 0 fully saturated rings. The zero-order chi connectivity index (χ0) is 10.8. The van der Waals surface area contributed by atoms with Crippen molar-refractivity contribution >= 4 is 5.84 Å². The topological polar surface area (TPSA) is 27.1 Å². The molecule has 0 saturated heterocycles. The highest BCUT2D eigenvalue weighted by molar-refractivity contribution is 6.00. The van der Waals surface area contributed by atoms with Crippen molar-refractivity contribution in [2.75, 3.05) is 6.54 Å². The van der Waals surface area contributed by atoms with Gasteiger partial charge in [-0.05, 0) is 11.5 Å². The van der Waals surface area contributed by atoms with Gasteiger partial charge in [0, 0.05) is 18.7 Å². The zero-order valence-corrected chi connectivity index (χ0v) is 9.46. The first kappa shape index (κ1) is 10.2. The molecule has 1 aromatic rings. The molecule has 1 aromatic carbocycles. The van der Waals surface area contributed by atoms with Gasteiger partial charge in [-0.15, -0.1) is 0 Å². The fourth-order valence-electron chi connectivity index (χ4n) is 2.01. The average molecular weight is 202 g/mol. The second-order valence-corrected chi connectivity index (χ2v) is 4.40. The van der Waals surface area contributed by atoms with E-state index in [-0.39, 0.29) is 0 Å². The van der Waals surface area contributed by atoms with E-state index >= 15 is 0 Å². The van der Waals surface area contributed by atoms with Gasteiger partial charge in [0.15, 0.2) is 0 Å². The summed E-state index contributed by atoms with van der Waals surface area (Å²) >= 11 is 0. The van der Waals surface area contributed by atoms with Gasteiger partial charge in [-0.1, -0.05) is 44.5 Å². The molecule has 0 bridgehead atoms. The van der Waals surface area contributed by atoms with Gasteiger partial charge >= 0.3 is 0 Å². The summed E-state index contributed by atoms with van der Waals surface area (Å²) in [7, 11) is 0. The maximum absolute atomic E-state index is 8.08. The van der Waals surface area contributed by atoms with Gasteiger partial charge in [0.2, 0.25) is 0 Å². The van der Waals surface area contributed by atoms with Crippen molar-refractivity contribution in [2.24, 2.45) is 5.92 Å². The molecule has 80 valence electrons. The third-order valence-electron chi connectivity index (χ3n) is 3.18. The van der Waals surface area contributed by atoms with E-state index in [9.17, 15) is 0 Å². The van der Waals surface area contributed by atoms with Crippen LogP contribution in [0.4, 0.5) is 0 Å². The van der Waals surface area contributed by atoms with Gasteiger partial charge in [-0.2, -0.15) is 0 Å². The van der Waals surface area contributed by atoms with E-state index in [0.29, 0.717) is 11.8 Å². The summed E-state index contributed by atoms with van der Waals surface area (Å²) in [5.74, 6) is 1.37. The molecule has 1 N–H and O–H groups in total. The van der Waals surface area contributed by atoms with Crippen molar-refractivity contribution in [3.63, 3.8) is 0 Å². The Morgan fingerprint density at radius 3 is 2.80 bits per heavy atom. The Balaban J connectivity index is 2.13. The molecule has 1 aliphatic heterocycles. The number of nitrogens with zero attached hydrogens (tertiary/aromatic N) is 1. The molecule has 0 amide bonds. The summed E-state index contributed by atoms with van der Waals surface area (Å²) in [4.78, 5) is 2.18. The summed E-state index contributed by atoms with van der Waals surface area (Å²) < 4.78 is 0. The zero-order valence-electron chi connectivity index (χ0n) is 9.46. The number of nitrogens with one attached hydrogen (secondary N) is 1. The maximum Gasteiger partial charge on any atom is 0.128 e. The fraction of sp³-hybridized carbons (Fsp3) is 0.462. The molecule has 0 radical (unpaired) electrons. The maximum atomic E-state index is 8.08. The van der Waals surface area contributed by atoms with E-state index in [4.69, 9.17) is 5.41 Å². The third-order valence-corrected chi connectivity index (χ3v) is 3.18. The van der Waals surface area contributed by atoms with Crippen LogP contribution in [0.1, 0.15) is 31.4 Å². The first-order chi connectivity index (χ1) is 7.22. The highest BCUT2D eigenvalue weighted by atomic mass is 15.2. The lowest BCUT2D eigenvalue weighted by molar-refractivity contribution is 0.350. The molecule has 1 unspecified atom stereocenters. The van der Waals surface area contributed by atoms with E-state index in [0.717, 1.165) is 18.7 Å². The first-order valence-corrected chi connectivity index (χ1v) is 5.64. The van der Waals surface area contributed by atoms with Gasteiger partial charge in [0.25, 0.3) is 0 Å². The van der Waals surface area contributed by atoms with Gasteiger partial charge in [0.05, 0.1) is 0 Å². The van der Waals surface area contributed by atoms with Gasteiger partial charge in [0.1, 0.15) is 5.84 Å². The molecule has 0 aromatic heterocycles. The van der Waals surface area contributed by atoms with Crippen LogP contribution in [0, 0.1) is 11.3 Å². The van der Waals surface area contributed by atoms with E-state index < -0.39 is 0 Å². The van der Waals surface area contributed by atoms with Crippen LogP contribution in [0.3, 0.4) is 0 Å². The molecule has 1 atom stereocenters. The molecule has 2 nitrogen and oxygen atoms in total. The lowest BCUT2D eigenvalue weighted by Crippen LogP contribution is -2.28. The summed E-state index contributed by atoms with van der Waals surface area (Å²) in [6, 6.07) is 8.24. The first-order valence-electron chi connectivity index (χ1n) is 5.64. The summed E-state index contributed by atoms with van der Waals surface area (Å²) in [5.41, 5.74) is 2.41. The van der Waals surface area contributed by atoms with Crippen LogP contribution in [0.5, 0.6) is 0 Å². The van der Waals surface area contributed by atoms with E-state index in [1.165, 1.54) is 12.0 Å². The average Bonchev–Trinajstić information content (AvgIpc) is 2.57. The normalized spacial score (nSPS) is 16.7. The molecule has 0 saturated carbocycles. The van der Waals surface area contributed by atoms with Crippen molar-refractivity contribution in [2.45, 2.75) is 26.8 Å². The number of amidine groups is 1. The quantitative estimate of drug-likeness (QED) is 0.801. The highest BCUT2D eigenvalue weighted by Crippen LogP contribution is 2.23. The van der Waals surface area contributed by atoms with Crippen LogP contribution in [0.2, 0.25) is 0 Å². The smallest absolute Gasteiger partial charge is 0.128 e. The predicted molar refractivity (Wildman–Crippen MR) is 63.1 cm³/mol. The number of hydrogen-bond donors (Lipinski definition) is 1. The molecule has 2 rings (SSSR count). The number of fused-ring (bicyclic) bond motifs is 1. The van der Waals surface area contributed by atoms with Gasteiger partial charge in [-0.3, -0.25) is 5.41 Å². The van der Waals surface area contributed by atoms with Crippen molar-refractivity contribution in [3.05, 3.63) is 35.4 Å². The van der Waals surface area contributed by atoms with Crippen molar-refractivity contribution in [3.8, 4) is 0 Å². The predicted octanol–water partition coefficient (Wildman–Crippen LogP) is 2.87. The Bertz CT molecular complexity index is 371. The Morgan fingerprint density at radius 1 is 1.40 bits per heavy atom. The van der Waals surface area contributed by atoms with Crippen LogP contribution in [0.25, 0.3) is 0 Å². The van der Waals surface area contributed by atoms with E-state index in [1.54, 1.807) is 0 Å². The molecule has 15 heavy (non-hydrogen) atoms. The van der Waals surface area contributed by atoms with Crippen molar-refractivity contribution in [1.29, 1.82) is 5.41 Å². The van der Waals surface area contributed by atoms with Crippen LogP contribution < -0.4 is 0 Å². The third kappa shape index (κ3) is 1.89. The fourth-order valence-corrected chi connectivity index (χ4v) is 2.01. The Kier molecular flexibility index (Phi) is 2.76. The summed E-state index contributed by atoms with van der Waals surface area (Å²) in [6.07, 6.45) is 1.18. The molecular formula is C13H18N2. The van der Waals surface area contributed by atoms with Crippen LogP contribution in [-0.2, 0) is 6.54 Å². The monoisotopic (exact) mass is 202 g/mol. The standard InChI is InChI=1S/C13H18N2/c1-3-10(2)8-15-9-11-6-4-5-7-12(11)13(15)14/h4-7,10,14H,3,8-9H2,1-2H3. The van der Waals surface area contributed by atoms with Gasteiger partial charge in [-0.25, -0.2) is 0 Å². The molecule has 2 heteroatoms. The van der Waals surface area contributed by atoms with Gasteiger partial charge < -0.3 is 4.90 Å². The minimum absolute atomic E-state index is 0.666. The number of rotatable bonds is 3. The number of hydrogen-bond acceptors (Lipinski definition) is 1. The second kappa shape index (κ2) is 4.05. The molecule has 0 spiro atoms. The Hall–Kier alpha value is -1.31. The second-order valence-electron chi connectivity index (χ2n) is 4.40. The molecule has 1 heterocycles. The van der Waals surface area contributed by atoms with E-state index in [1.807, 2.05) is 12.1 Å². The minimum atomic E-state index is 0.666. The van der Waals surface area contributed by atoms with E-state index in [2.05, 4.69) is 30.9 Å².